The van der Waals surface area contributed by atoms with Gasteiger partial charge in [-0.3, -0.25) is 4.79 Å². The normalized spacial score (nSPS) is 16.9. The van der Waals surface area contributed by atoms with Gasteiger partial charge in [0.15, 0.2) is 0 Å². The van der Waals surface area contributed by atoms with Crippen molar-refractivity contribution < 1.29 is 14.6 Å². The lowest BCUT2D eigenvalue weighted by atomic mass is 9.91. The molecule has 1 heterocycles. The van der Waals surface area contributed by atoms with Gasteiger partial charge in [-0.05, 0) is 36.3 Å². The number of carboxylic acid groups (broad SMARTS) is 1. The fraction of sp³-hybridized carbons (Fsp3) is 0.500. The molecule has 0 saturated carbocycles. The first kappa shape index (κ1) is 12.1. The zero-order valence-corrected chi connectivity index (χ0v) is 9.89. The number of hydrogen-bond donors (Lipinski definition) is 1. The maximum absolute atomic E-state index is 10.5. The Bertz CT molecular complexity index is 364. The van der Waals surface area contributed by atoms with Gasteiger partial charge < -0.3 is 9.84 Å². The van der Waals surface area contributed by atoms with Crippen LogP contribution in [0.5, 0.6) is 0 Å². The third-order valence-electron chi connectivity index (χ3n) is 3.30. The molecule has 2 rings (SSSR count). The first-order chi connectivity index (χ1) is 8.25. The van der Waals surface area contributed by atoms with Crippen molar-refractivity contribution in [2.75, 3.05) is 13.2 Å². The summed E-state index contributed by atoms with van der Waals surface area (Å²) >= 11 is 0. The molecule has 1 aliphatic rings. The largest absolute Gasteiger partial charge is 0.481 e. The predicted molar refractivity (Wildman–Crippen MR) is 65.2 cm³/mol. The number of carboxylic acids is 1. The van der Waals surface area contributed by atoms with Crippen molar-refractivity contribution in [3.8, 4) is 0 Å². The highest BCUT2D eigenvalue weighted by molar-refractivity contribution is 5.67. The minimum Gasteiger partial charge on any atom is -0.481 e. The zero-order valence-electron chi connectivity index (χ0n) is 9.89. The number of rotatable bonds is 4. The second-order valence-electron chi connectivity index (χ2n) is 4.52. The molecule has 0 radical (unpaired) electrons. The third-order valence-corrected chi connectivity index (χ3v) is 3.30. The minimum atomic E-state index is -0.737. The van der Waals surface area contributed by atoms with Gasteiger partial charge in [-0.1, -0.05) is 24.3 Å². The van der Waals surface area contributed by atoms with Gasteiger partial charge in [0.2, 0.25) is 0 Å². The molecule has 3 nitrogen and oxygen atoms in total. The number of benzene rings is 1. The highest BCUT2D eigenvalue weighted by atomic mass is 16.5. The van der Waals surface area contributed by atoms with Crippen molar-refractivity contribution in [1.82, 2.24) is 0 Å². The third kappa shape index (κ3) is 3.56. The van der Waals surface area contributed by atoms with E-state index in [1.54, 1.807) is 0 Å². The molecule has 1 aromatic carbocycles. The van der Waals surface area contributed by atoms with Crippen LogP contribution in [0.25, 0.3) is 0 Å². The number of aliphatic carboxylic acids is 1. The van der Waals surface area contributed by atoms with Crippen LogP contribution in [0.4, 0.5) is 0 Å². The molecule has 1 fully saturated rings. The van der Waals surface area contributed by atoms with Gasteiger partial charge in [0.05, 0.1) is 0 Å². The van der Waals surface area contributed by atoms with E-state index in [0.29, 0.717) is 12.3 Å². The first-order valence-corrected chi connectivity index (χ1v) is 6.14. The summed E-state index contributed by atoms with van der Waals surface area (Å²) in [5, 5.41) is 8.62. The summed E-state index contributed by atoms with van der Waals surface area (Å²) in [5.74, 6) is -0.129. The van der Waals surface area contributed by atoms with E-state index in [4.69, 9.17) is 9.84 Å². The molecule has 1 N–H and O–H groups in total. The van der Waals surface area contributed by atoms with Crippen LogP contribution in [-0.4, -0.2) is 24.3 Å². The van der Waals surface area contributed by atoms with Crippen LogP contribution in [0.2, 0.25) is 0 Å². The molecular formula is C14H18O3. The van der Waals surface area contributed by atoms with Crippen LogP contribution in [0.15, 0.2) is 24.3 Å². The molecule has 1 aliphatic heterocycles. The summed E-state index contributed by atoms with van der Waals surface area (Å²) in [5.41, 5.74) is 2.45. The molecule has 17 heavy (non-hydrogen) atoms. The molecule has 0 amide bonds. The van der Waals surface area contributed by atoms with Crippen LogP contribution in [0.3, 0.4) is 0 Å². The monoisotopic (exact) mass is 234 g/mol. The smallest absolute Gasteiger partial charge is 0.303 e. The van der Waals surface area contributed by atoms with Crippen molar-refractivity contribution in [3.05, 3.63) is 35.4 Å². The van der Waals surface area contributed by atoms with Crippen molar-refractivity contribution in [2.24, 2.45) is 0 Å². The number of ether oxygens (including phenoxy) is 1. The molecule has 0 aromatic heterocycles. The average molecular weight is 234 g/mol. The summed E-state index contributed by atoms with van der Waals surface area (Å²) in [4.78, 5) is 10.5. The molecule has 1 saturated heterocycles. The highest BCUT2D eigenvalue weighted by Crippen LogP contribution is 2.26. The lowest BCUT2D eigenvalue weighted by Crippen LogP contribution is -2.14. The molecule has 0 atom stereocenters. The van der Waals surface area contributed by atoms with Crippen molar-refractivity contribution >= 4 is 5.97 Å². The standard InChI is InChI=1S/C14H18O3/c15-14(16)6-3-11-1-4-12(5-2-11)13-7-9-17-10-8-13/h1-2,4-5,13H,3,6-10H2,(H,15,16). The molecule has 1 aromatic rings. The van der Waals surface area contributed by atoms with Crippen molar-refractivity contribution in [2.45, 2.75) is 31.6 Å². The average Bonchev–Trinajstić information content (AvgIpc) is 2.38. The zero-order chi connectivity index (χ0) is 12.1. The van der Waals surface area contributed by atoms with E-state index in [-0.39, 0.29) is 6.42 Å². The summed E-state index contributed by atoms with van der Waals surface area (Å²) < 4.78 is 5.34. The molecule has 0 bridgehead atoms. The van der Waals surface area contributed by atoms with Crippen LogP contribution in [-0.2, 0) is 16.0 Å². The quantitative estimate of drug-likeness (QED) is 0.871. The molecule has 0 spiro atoms. The van der Waals surface area contributed by atoms with E-state index >= 15 is 0 Å². The van der Waals surface area contributed by atoms with E-state index in [1.807, 2.05) is 12.1 Å². The maximum Gasteiger partial charge on any atom is 0.303 e. The van der Waals surface area contributed by atoms with E-state index < -0.39 is 5.97 Å². The molecule has 0 aliphatic carbocycles. The molecule has 92 valence electrons. The Morgan fingerprint density at radius 3 is 2.47 bits per heavy atom. The van der Waals surface area contributed by atoms with E-state index in [9.17, 15) is 4.79 Å². The van der Waals surface area contributed by atoms with Gasteiger partial charge in [0, 0.05) is 19.6 Å². The Hall–Kier alpha value is -1.35. The molecule has 0 unspecified atom stereocenters. The van der Waals surface area contributed by atoms with Gasteiger partial charge in [0.1, 0.15) is 0 Å². The Balaban J connectivity index is 1.94. The Labute approximate surface area is 101 Å². The van der Waals surface area contributed by atoms with Crippen LogP contribution in [0.1, 0.15) is 36.3 Å². The van der Waals surface area contributed by atoms with Crippen LogP contribution in [0, 0.1) is 0 Å². The Morgan fingerprint density at radius 1 is 1.24 bits per heavy atom. The first-order valence-electron chi connectivity index (χ1n) is 6.14. The van der Waals surface area contributed by atoms with Gasteiger partial charge in [-0.25, -0.2) is 0 Å². The summed E-state index contributed by atoms with van der Waals surface area (Å²) in [6.07, 6.45) is 3.00. The topological polar surface area (TPSA) is 46.5 Å². The molecule has 3 heteroatoms. The van der Waals surface area contributed by atoms with Gasteiger partial charge in [-0.15, -0.1) is 0 Å². The SMILES string of the molecule is O=C(O)CCc1ccc(C2CCOCC2)cc1. The van der Waals surface area contributed by atoms with Crippen LogP contribution >= 0.6 is 0 Å². The number of aryl methyl sites for hydroxylation is 1. The summed E-state index contributed by atoms with van der Waals surface area (Å²) in [6.45, 7) is 1.71. The Kier molecular flexibility index (Phi) is 4.15. The van der Waals surface area contributed by atoms with Gasteiger partial charge in [0.25, 0.3) is 0 Å². The lowest BCUT2D eigenvalue weighted by molar-refractivity contribution is -0.136. The van der Waals surface area contributed by atoms with Gasteiger partial charge in [-0.2, -0.15) is 0 Å². The maximum atomic E-state index is 10.5. The van der Waals surface area contributed by atoms with Crippen molar-refractivity contribution in [1.29, 1.82) is 0 Å². The van der Waals surface area contributed by atoms with Gasteiger partial charge >= 0.3 is 5.97 Å². The fourth-order valence-electron chi connectivity index (χ4n) is 2.24. The number of hydrogen-bond acceptors (Lipinski definition) is 2. The summed E-state index contributed by atoms with van der Waals surface area (Å²) in [6, 6.07) is 8.36. The van der Waals surface area contributed by atoms with Crippen LogP contribution < -0.4 is 0 Å². The number of carbonyl (C=O) groups is 1. The predicted octanol–water partition coefficient (Wildman–Crippen LogP) is 2.60. The van der Waals surface area contributed by atoms with E-state index in [0.717, 1.165) is 31.6 Å². The molecular weight excluding hydrogens is 216 g/mol. The second kappa shape index (κ2) is 5.82. The summed E-state index contributed by atoms with van der Waals surface area (Å²) in [7, 11) is 0. The Morgan fingerprint density at radius 2 is 1.88 bits per heavy atom. The lowest BCUT2D eigenvalue weighted by Gasteiger charge is -2.22. The highest BCUT2D eigenvalue weighted by Gasteiger charge is 2.15. The van der Waals surface area contributed by atoms with Crippen molar-refractivity contribution in [3.63, 3.8) is 0 Å². The van der Waals surface area contributed by atoms with E-state index in [1.165, 1.54) is 5.56 Å². The van der Waals surface area contributed by atoms with E-state index in [2.05, 4.69) is 12.1 Å². The second-order valence-corrected chi connectivity index (χ2v) is 4.52. The fourth-order valence-corrected chi connectivity index (χ4v) is 2.24. The minimum absolute atomic E-state index is 0.205.